The van der Waals surface area contributed by atoms with Crippen LogP contribution in [0.5, 0.6) is 0 Å². The lowest BCUT2D eigenvalue weighted by Crippen LogP contribution is -2.06. The number of aromatic nitrogens is 1. The summed E-state index contributed by atoms with van der Waals surface area (Å²) in [5.74, 6) is 0. The minimum Gasteiger partial charge on any atom is -0.379 e. The van der Waals surface area contributed by atoms with Crippen molar-refractivity contribution >= 4 is 22.7 Å². The summed E-state index contributed by atoms with van der Waals surface area (Å²) in [7, 11) is 0. The number of para-hydroxylation sites is 2. The van der Waals surface area contributed by atoms with E-state index >= 15 is 0 Å². The van der Waals surface area contributed by atoms with Gasteiger partial charge in [-0.1, -0.05) is 19.1 Å². The van der Waals surface area contributed by atoms with E-state index in [0.717, 1.165) is 17.8 Å². The average molecular weight is 277 g/mol. The first-order valence-electron chi connectivity index (χ1n) is 6.11. The minimum absolute atomic E-state index is 0.107. The maximum Gasteiger partial charge on any atom is 0.292 e. The van der Waals surface area contributed by atoms with E-state index in [1.54, 1.807) is 29.5 Å². The van der Waals surface area contributed by atoms with Gasteiger partial charge in [-0.15, -0.1) is 11.3 Å². The largest absolute Gasteiger partial charge is 0.379 e. The van der Waals surface area contributed by atoms with Crippen molar-refractivity contribution < 1.29 is 4.92 Å². The van der Waals surface area contributed by atoms with Crippen molar-refractivity contribution in [2.24, 2.45) is 0 Å². The molecule has 100 valence electrons. The molecule has 1 heterocycles. The van der Waals surface area contributed by atoms with Crippen molar-refractivity contribution in [3.8, 4) is 0 Å². The van der Waals surface area contributed by atoms with Crippen LogP contribution in [0.4, 0.5) is 11.4 Å². The molecule has 0 unspecified atom stereocenters. The lowest BCUT2D eigenvalue weighted by Gasteiger charge is -2.05. The van der Waals surface area contributed by atoms with Gasteiger partial charge in [-0.05, 0) is 12.5 Å². The summed E-state index contributed by atoms with van der Waals surface area (Å²) >= 11 is 1.69. The zero-order valence-electron chi connectivity index (χ0n) is 10.6. The lowest BCUT2D eigenvalue weighted by atomic mass is 10.2. The molecule has 0 aliphatic carbocycles. The molecule has 0 atom stereocenters. The number of rotatable bonds is 6. The number of nitrogens with one attached hydrogen (secondary N) is 1. The van der Waals surface area contributed by atoms with Gasteiger partial charge >= 0.3 is 0 Å². The number of benzene rings is 1. The van der Waals surface area contributed by atoms with Crippen LogP contribution in [0.1, 0.15) is 16.8 Å². The average Bonchev–Trinajstić information content (AvgIpc) is 2.87. The van der Waals surface area contributed by atoms with Crippen LogP contribution in [0.15, 0.2) is 30.5 Å². The van der Waals surface area contributed by atoms with Gasteiger partial charge in [0.2, 0.25) is 0 Å². The predicted molar refractivity (Wildman–Crippen MR) is 76.8 cm³/mol. The zero-order chi connectivity index (χ0) is 13.7. The van der Waals surface area contributed by atoms with Gasteiger partial charge in [-0.2, -0.15) is 0 Å². The summed E-state index contributed by atoms with van der Waals surface area (Å²) in [4.78, 5) is 16.1. The normalized spacial score (nSPS) is 10.4. The van der Waals surface area contributed by atoms with Gasteiger partial charge in [0.15, 0.2) is 0 Å². The van der Waals surface area contributed by atoms with E-state index in [4.69, 9.17) is 0 Å². The number of anilines is 1. The summed E-state index contributed by atoms with van der Waals surface area (Å²) < 4.78 is 0. The van der Waals surface area contributed by atoms with Crippen molar-refractivity contribution in [2.75, 3.05) is 11.9 Å². The van der Waals surface area contributed by atoms with Crippen LogP contribution in [-0.2, 0) is 12.8 Å². The molecule has 0 amide bonds. The number of thiazole rings is 1. The highest BCUT2D eigenvalue weighted by Crippen LogP contribution is 2.23. The van der Waals surface area contributed by atoms with Gasteiger partial charge in [0.25, 0.3) is 5.69 Å². The third-order valence-corrected chi connectivity index (χ3v) is 3.91. The molecule has 6 heteroatoms. The highest BCUT2D eigenvalue weighted by molar-refractivity contribution is 7.11. The van der Waals surface area contributed by atoms with Crippen molar-refractivity contribution in [2.45, 2.75) is 19.8 Å². The first-order chi connectivity index (χ1) is 9.20. The van der Waals surface area contributed by atoms with Crippen molar-refractivity contribution in [3.63, 3.8) is 0 Å². The SMILES string of the molecule is CCc1cnc(CCNc2ccccc2[N+](=O)[O-])s1. The van der Waals surface area contributed by atoms with Crippen LogP contribution in [-0.4, -0.2) is 16.5 Å². The fourth-order valence-corrected chi connectivity index (χ4v) is 2.58. The molecular formula is C13H15N3O2S. The first-order valence-corrected chi connectivity index (χ1v) is 6.93. The van der Waals surface area contributed by atoms with Gasteiger partial charge in [-0.25, -0.2) is 4.98 Å². The summed E-state index contributed by atoms with van der Waals surface area (Å²) in [6, 6.07) is 6.67. The monoisotopic (exact) mass is 277 g/mol. The second-order valence-electron chi connectivity index (χ2n) is 4.02. The van der Waals surface area contributed by atoms with E-state index < -0.39 is 0 Å². The second kappa shape index (κ2) is 6.29. The first kappa shape index (κ1) is 13.5. The molecule has 5 nitrogen and oxygen atoms in total. The Labute approximate surface area is 115 Å². The molecule has 19 heavy (non-hydrogen) atoms. The van der Waals surface area contributed by atoms with Crippen LogP contribution < -0.4 is 5.32 Å². The van der Waals surface area contributed by atoms with Crippen LogP contribution in [0.3, 0.4) is 0 Å². The third-order valence-electron chi connectivity index (χ3n) is 2.70. The molecular weight excluding hydrogens is 262 g/mol. The Morgan fingerprint density at radius 1 is 1.42 bits per heavy atom. The Morgan fingerprint density at radius 3 is 2.89 bits per heavy atom. The molecule has 1 aromatic heterocycles. The fourth-order valence-electron chi connectivity index (χ4n) is 1.71. The number of nitro benzene ring substituents is 1. The van der Waals surface area contributed by atoms with E-state index in [2.05, 4.69) is 17.2 Å². The Bertz CT molecular complexity index is 569. The Kier molecular flexibility index (Phi) is 4.46. The number of aryl methyl sites for hydroxylation is 1. The molecule has 0 saturated carbocycles. The third kappa shape index (κ3) is 3.51. The molecule has 0 fully saturated rings. The molecule has 0 aliphatic rings. The van der Waals surface area contributed by atoms with E-state index in [9.17, 15) is 10.1 Å². The Hall–Kier alpha value is -1.95. The van der Waals surface area contributed by atoms with Crippen molar-refractivity contribution in [1.82, 2.24) is 4.98 Å². The maximum atomic E-state index is 10.9. The van der Waals surface area contributed by atoms with Gasteiger partial charge in [0, 0.05) is 30.1 Å². The quantitative estimate of drug-likeness (QED) is 0.650. The molecule has 1 aromatic carbocycles. The van der Waals surface area contributed by atoms with Gasteiger partial charge in [0.1, 0.15) is 5.69 Å². The van der Waals surface area contributed by atoms with Crippen molar-refractivity contribution in [3.05, 3.63) is 50.5 Å². The second-order valence-corrected chi connectivity index (χ2v) is 5.22. The smallest absolute Gasteiger partial charge is 0.292 e. The van der Waals surface area contributed by atoms with Crippen LogP contribution >= 0.6 is 11.3 Å². The topological polar surface area (TPSA) is 68.1 Å². The Morgan fingerprint density at radius 2 is 2.21 bits per heavy atom. The Balaban J connectivity index is 1.94. The lowest BCUT2D eigenvalue weighted by molar-refractivity contribution is -0.384. The van der Waals surface area contributed by atoms with Crippen LogP contribution in [0.2, 0.25) is 0 Å². The molecule has 0 aliphatic heterocycles. The van der Waals surface area contributed by atoms with E-state index in [-0.39, 0.29) is 10.6 Å². The zero-order valence-corrected chi connectivity index (χ0v) is 11.4. The standard InChI is InChI=1S/C13H15N3O2S/c1-2-10-9-15-13(19-10)7-8-14-11-5-3-4-6-12(11)16(17)18/h3-6,9,14H,2,7-8H2,1H3. The molecule has 0 saturated heterocycles. The van der Waals surface area contributed by atoms with E-state index in [0.29, 0.717) is 12.2 Å². The van der Waals surface area contributed by atoms with Crippen LogP contribution in [0.25, 0.3) is 0 Å². The fraction of sp³-hybridized carbons (Fsp3) is 0.308. The number of hydrogen-bond donors (Lipinski definition) is 1. The highest BCUT2D eigenvalue weighted by atomic mass is 32.1. The van der Waals surface area contributed by atoms with E-state index in [1.165, 1.54) is 10.9 Å². The maximum absolute atomic E-state index is 10.9. The van der Waals surface area contributed by atoms with E-state index in [1.807, 2.05) is 6.20 Å². The molecule has 2 aromatic rings. The predicted octanol–water partition coefficient (Wildman–Crippen LogP) is 3.27. The summed E-state index contributed by atoms with van der Waals surface area (Å²) in [5.41, 5.74) is 0.663. The number of nitro groups is 1. The molecule has 0 spiro atoms. The summed E-state index contributed by atoms with van der Waals surface area (Å²) in [6.07, 6.45) is 3.66. The molecule has 0 radical (unpaired) electrons. The summed E-state index contributed by atoms with van der Waals surface area (Å²) in [5, 5.41) is 15.0. The molecule has 2 rings (SSSR count). The number of nitrogens with zero attached hydrogens (tertiary/aromatic N) is 2. The highest BCUT2D eigenvalue weighted by Gasteiger charge is 2.11. The molecule has 1 N–H and O–H groups in total. The minimum atomic E-state index is -0.374. The van der Waals surface area contributed by atoms with Gasteiger partial charge in [-0.3, -0.25) is 10.1 Å². The van der Waals surface area contributed by atoms with Gasteiger partial charge in [0.05, 0.1) is 9.93 Å². The van der Waals surface area contributed by atoms with Crippen molar-refractivity contribution in [1.29, 1.82) is 0 Å². The van der Waals surface area contributed by atoms with Crippen LogP contribution in [0, 0.1) is 10.1 Å². The number of hydrogen-bond acceptors (Lipinski definition) is 5. The summed E-state index contributed by atoms with van der Waals surface area (Å²) in [6.45, 7) is 2.74. The molecule has 0 bridgehead atoms. The van der Waals surface area contributed by atoms with Gasteiger partial charge < -0.3 is 5.32 Å².